The van der Waals surface area contributed by atoms with E-state index in [-0.39, 0.29) is 11.6 Å². The van der Waals surface area contributed by atoms with E-state index in [1.54, 1.807) is 0 Å². The third kappa shape index (κ3) is 6.39. The molecule has 0 bridgehead atoms. The Morgan fingerprint density at radius 1 is 0.657 bits per heavy atom. The molecule has 0 atom stereocenters. The predicted molar refractivity (Wildman–Crippen MR) is 148 cm³/mol. The molecule has 5 nitrogen and oxygen atoms in total. The van der Waals surface area contributed by atoms with Crippen LogP contribution >= 0.6 is 0 Å². The third-order valence-corrected chi connectivity index (χ3v) is 7.37. The molecular formula is C30H43N3O2. The van der Waals surface area contributed by atoms with Crippen LogP contribution in [0.25, 0.3) is 21.8 Å². The average Bonchev–Trinajstić information content (AvgIpc) is 3.21. The van der Waals surface area contributed by atoms with Crippen LogP contribution in [-0.4, -0.2) is 65.2 Å². The first kappa shape index (κ1) is 27.1. The summed E-state index contributed by atoms with van der Waals surface area (Å²) in [6, 6.07) is 12.2. The van der Waals surface area contributed by atoms with Crippen molar-refractivity contribution in [2.45, 2.75) is 66.8 Å². The molecular weight excluding hydrogens is 434 g/mol. The molecule has 3 aromatic rings. The van der Waals surface area contributed by atoms with E-state index < -0.39 is 0 Å². The lowest BCUT2D eigenvalue weighted by atomic mass is 10.0. The molecule has 35 heavy (non-hydrogen) atoms. The Kier molecular flexibility index (Phi) is 10.1. The van der Waals surface area contributed by atoms with Gasteiger partial charge in [-0.3, -0.25) is 9.59 Å². The van der Waals surface area contributed by atoms with E-state index in [2.05, 4.69) is 61.1 Å². The van der Waals surface area contributed by atoms with Crippen LogP contribution in [0.3, 0.4) is 0 Å². The molecule has 0 spiro atoms. The second kappa shape index (κ2) is 13.0. The van der Waals surface area contributed by atoms with E-state index in [1.165, 1.54) is 0 Å². The molecule has 0 radical (unpaired) electrons. The standard InChI is InChI=1S/C30H43N3O2/c1-6-31(7-2)19-11-13-29(34)23-15-17-27-25(21-23)26-22-24(16-18-28(26)33(27)10-5)30(35)14-12-20-32(8-3)9-4/h15-18,21-22H,6-14,19-20H2,1-5H3. The summed E-state index contributed by atoms with van der Waals surface area (Å²) in [7, 11) is 0. The van der Waals surface area contributed by atoms with E-state index in [4.69, 9.17) is 0 Å². The molecule has 0 amide bonds. The van der Waals surface area contributed by atoms with Gasteiger partial charge >= 0.3 is 0 Å². The summed E-state index contributed by atoms with van der Waals surface area (Å²) in [6.45, 7) is 17.6. The smallest absolute Gasteiger partial charge is 0.162 e. The van der Waals surface area contributed by atoms with Gasteiger partial charge < -0.3 is 14.4 Å². The summed E-state index contributed by atoms with van der Waals surface area (Å²) in [6.07, 6.45) is 2.87. The Balaban J connectivity index is 1.84. The van der Waals surface area contributed by atoms with Crippen LogP contribution in [0, 0.1) is 0 Å². The second-order valence-electron chi connectivity index (χ2n) is 9.32. The number of carbonyl (C=O) groups is 2. The molecule has 190 valence electrons. The van der Waals surface area contributed by atoms with Gasteiger partial charge in [-0.05, 0) is 95.4 Å². The summed E-state index contributed by atoms with van der Waals surface area (Å²) < 4.78 is 2.27. The third-order valence-electron chi connectivity index (χ3n) is 7.37. The Morgan fingerprint density at radius 2 is 1.06 bits per heavy atom. The summed E-state index contributed by atoms with van der Waals surface area (Å²) in [5, 5.41) is 2.13. The van der Waals surface area contributed by atoms with Crippen molar-refractivity contribution in [3.63, 3.8) is 0 Å². The fourth-order valence-electron chi connectivity index (χ4n) is 5.09. The van der Waals surface area contributed by atoms with Gasteiger partial charge in [0.2, 0.25) is 0 Å². The number of ketones is 2. The van der Waals surface area contributed by atoms with Crippen LogP contribution < -0.4 is 0 Å². The number of nitrogens with zero attached hydrogens (tertiary/aromatic N) is 3. The molecule has 0 saturated heterocycles. The topological polar surface area (TPSA) is 45.6 Å². The zero-order valence-corrected chi connectivity index (χ0v) is 22.4. The first-order chi connectivity index (χ1) is 17.0. The van der Waals surface area contributed by atoms with E-state index in [0.717, 1.165) is 91.6 Å². The minimum absolute atomic E-state index is 0.195. The number of Topliss-reactive ketones (excluding diaryl/α,β-unsaturated/α-hetero) is 2. The summed E-state index contributed by atoms with van der Waals surface area (Å²) in [5.41, 5.74) is 3.77. The number of carbonyl (C=O) groups excluding carboxylic acids is 2. The lowest BCUT2D eigenvalue weighted by molar-refractivity contribution is 0.0967. The fourth-order valence-corrected chi connectivity index (χ4v) is 5.09. The van der Waals surface area contributed by atoms with Crippen molar-refractivity contribution in [3.05, 3.63) is 47.5 Å². The van der Waals surface area contributed by atoms with Gasteiger partial charge in [0.1, 0.15) is 0 Å². The molecule has 0 saturated carbocycles. The Bertz CT molecular complexity index is 1050. The predicted octanol–water partition coefficient (Wildman–Crippen LogP) is 6.42. The van der Waals surface area contributed by atoms with Gasteiger partial charge in [-0.15, -0.1) is 0 Å². The fraction of sp³-hybridized carbons (Fsp3) is 0.533. The van der Waals surface area contributed by atoms with Crippen LogP contribution in [-0.2, 0) is 6.54 Å². The van der Waals surface area contributed by atoms with E-state index in [9.17, 15) is 9.59 Å². The van der Waals surface area contributed by atoms with Crippen molar-refractivity contribution in [1.29, 1.82) is 0 Å². The number of aryl methyl sites for hydroxylation is 1. The lowest BCUT2D eigenvalue weighted by Crippen LogP contribution is -2.24. The van der Waals surface area contributed by atoms with Gasteiger partial charge in [-0.25, -0.2) is 0 Å². The normalized spacial score (nSPS) is 11.9. The summed E-state index contributed by atoms with van der Waals surface area (Å²) in [5.74, 6) is 0.389. The van der Waals surface area contributed by atoms with E-state index in [0.29, 0.717) is 12.8 Å². The number of hydrogen-bond acceptors (Lipinski definition) is 4. The van der Waals surface area contributed by atoms with E-state index in [1.807, 2.05) is 24.3 Å². The van der Waals surface area contributed by atoms with Gasteiger partial charge in [0.05, 0.1) is 0 Å². The highest BCUT2D eigenvalue weighted by molar-refractivity contribution is 6.13. The molecule has 1 aromatic heterocycles. The SMILES string of the molecule is CCN(CC)CCCC(=O)c1ccc2c(c1)c1cc(C(=O)CCCN(CC)CC)ccc1n2CC. The molecule has 5 heteroatoms. The average molecular weight is 478 g/mol. The second-order valence-corrected chi connectivity index (χ2v) is 9.32. The number of rotatable bonds is 15. The highest BCUT2D eigenvalue weighted by Crippen LogP contribution is 2.31. The quantitative estimate of drug-likeness (QED) is 0.237. The zero-order valence-electron chi connectivity index (χ0n) is 22.4. The number of fused-ring (bicyclic) bond motifs is 3. The van der Waals surface area contributed by atoms with E-state index >= 15 is 0 Å². The molecule has 0 unspecified atom stereocenters. The molecule has 0 aliphatic carbocycles. The van der Waals surface area contributed by atoms with Crippen molar-refractivity contribution >= 4 is 33.4 Å². The minimum atomic E-state index is 0.195. The molecule has 2 aromatic carbocycles. The molecule has 0 fully saturated rings. The van der Waals surface area contributed by atoms with Crippen molar-refractivity contribution < 1.29 is 9.59 Å². The molecule has 0 N–H and O–H groups in total. The van der Waals surface area contributed by atoms with Gasteiger partial charge in [-0.2, -0.15) is 0 Å². The van der Waals surface area contributed by atoms with Gasteiger partial charge in [0.15, 0.2) is 11.6 Å². The van der Waals surface area contributed by atoms with Crippen LogP contribution in [0.5, 0.6) is 0 Å². The van der Waals surface area contributed by atoms with Crippen LogP contribution in [0.2, 0.25) is 0 Å². The molecule has 3 rings (SSSR count). The van der Waals surface area contributed by atoms with Crippen molar-refractivity contribution in [1.82, 2.24) is 14.4 Å². The van der Waals surface area contributed by atoms with Crippen molar-refractivity contribution in [2.24, 2.45) is 0 Å². The largest absolute Gasteiger partial charge is 0.341 e. The maximum Gasteiger partial charge on any atom is 0.162 e. The van der Waals surface area contributed by atoms with Crippen LogP contribution in [0.15, 0.2) is 36.4 Å². The van der Waals surface area contributed by atoms with Gasteiger partial charge in [-0.1, -0.05) is 27.7 Å². The molecule has 1 heterocycles. The monoisotopic (exact) mass is 477 g/mol. The summed E-state index contributed by atoms with van der Waals surface area (Å²) >= 11 is 0. The molecule has 0 aliphatic rings. The Hall–Kier alpha value is -2.50. The van der Waals surface area contributed by atoms with Gasteiger partial charge in [0.25, 0.3) is 0 Å². The summed E-state index contributed by atoms with van der Waals surface area (Å²) in [4.78, 5) is 30.7. The van der Waals surface area contributed by atoms with Crippen molar-refractivity contribution in [2.75, 3.05) is 39.3 Å². The van der Waals surface area contributed by atoms with Crippen molar-refractivity contribution in [3.8, 4) is 0 Å². The first-order valence-electron chi connectivity index (χ1n) is 13.5. The minimum Gasteiger partial charge on any atom is -0.341 e. The maximum absolute atomic E-state index is 13.0. The van der Waals surface area contributed by atoms with Gasteiger partial charge in [0, 0.05) is 52.3 Å². The first-order valence-corrected chi connectivity index (χ1v) is 13.5. The Labute approximate surface area is 211 Å². The maximum atomic E-state index is 13.0. The highest BCUT2D eigenvalue weighted by atomic mass is 16.1. The number of hydrogen-bond donors (Lipinski definition) is 0. The lowest BCUT2D eigenvalue weighted by Gasteiger charge is -2.17. The van der Waals surface area contributed by atoms with Crippen LogP contribution in [0.4, 0.5) is 0 Å². The highest BCUT2D eigenvalue weighted by Gasteiger charge is 2.16. The molecule has 0 aliphatic heterocycles. The zero-order chi connectivity index (χ0) is 25.4. The number of benzene rings is 2. The number of aromatic nitrogens is 1. The Morgan fingerprint density at radius 3 is 1.40 bits per heavy atom. The van der Waals surface area contributed by atoms with Crippen LogP contribution in [0.1, 0.15) is 81.0 Å².